The molecular weight excluding hydrogens is 208 g/mol. The van der Waals surface area contributed by atoms with Crippen LogP contribution in [0.5, 0.6) is 0 Å². The van der Waals surface area contributed by atoms with Crippen molar-refractivity contribution in [3.8, 4) is 0 Å². The fraction of sp³-hybridized carbons (Fsp3) is 0.818. The number of hydrogen-bond acceptors (Lipinski definition) is 3. The van der Waals surface area contributed by atoms with Crippen LogP contribution in [0, 0.1) is 5.92 Å². The molecule has 1 atom stereocenters. The first-order valence-corrected chi connectivity index (χ1v) is 5.51. The highest BCUT2D eigenvalue weighted by Crippen LogP contribution is 1.99. The summed E-state index contributed by atoms with van der Waals surface area (Å²) in [6.07, 6.45) is 1.36. The summed E-state index contributed by atoms with van der Waals surface area (Å²) in [4.78, 5) is 20.0. The molecule has 0 saturated heterocycles. The highest BCUT2D eigenvalue weighted by atomic mass is 16.5. The number of rotatable bonds is 5. The van der Waals surface area contributed by atoms with Crippen LogP contribution in [0.3, 0.4) is 0 Å². The largest absolute Gasteiger partial charge is 0.453 e. The molecule has 96 valence electrons. The zero-order valence-corrected chi connectivity index (χ0v) is 10.9. The maximum Gasteiger partial charge on any atom is 0.407 e. The minimum atomic E-state index is -0.360. The summed E-state index contributed by atoms with van der Waals surface area (Å²) in [5.74, 6) is 0.444. The second-order valence-electron chi connectivity index (χ2n) is 3.74. The molecule has 0 radical (unpaired) electrons. The standard InChI is InChI=1S/C7H15NO2.C4H9NO/c1-5(2)6(3)8-7(9)10-4;1-2-3-5-4-6/h5-6H,1-4H3,(H,8,9);4H,2-3H2,1H3,(H,5,6). The molecule has 0 heterocycles. The molecule has 2 amide bonds. The molecule has 0 bridgehead atoms. The Kier molecular flexibility index (Phi) is 12.7. The van der Waals surface area contributed by atoms with E-state index < -0.39 is 0 Å². The van der Waals surface area contributed by atoms with Crippen LogP contribution in [0.4, 0.5) is 4.79 Å². The Morgan fingerprint density at radius 1 is 1.38 bits per heavy atom. The molecule has 16 heavy (non-hydrogen) atoms. The number of hydrogen-bond donors (Lipinski definition) is 2. The van der Waals surface area contributed by atoms with Crippen molar-refractivity contribution in [2.75, 3.05) is 13.7 Å². The Balaban J connectivity index is 0. The number of alkyl carbamates (subject to hydrolysis) is 1. The lowest BCUT2D eigenvalue weighted by Gasteiger charge is -2.15. The fourth-order valence-electron chi connectivity index (χ4n) is 0.615. The summed E-state index contributed by atoms with van der Waals surface area (Å²) in [7, 11) is 1.36. The van der Waals surface area contributed by atoms with Gasteiger partial charge in [-0.15, -0.1) is 0 Å². The third kappa shape index (κ3) is 12.7. The number of carbonyl (C=O) groups is 2. The lowest BCUT2D eigenvalue weighted by Crippen LogP contribution is -2.35. The van der Waals surface area contributed by atoms with Crippen molar-refractivity contribution in [2.24, 2.45) is 5.92 Å². The molecule has 0 aliphatic carbocycles. The van der Waals surface area contributed by atoms with Gasteiger partial charge >= 0.3 is 6.09 Å². The number of carbonyl (C=O) groups excluding carboxylic acids is 2. The average molecular weight is 232 g/mol. The fourth-order valence-corrected chi connectivity index (χ4v) is 0.615. The Morgan fingerprint density at radius 2 is 1.94 bits per heavy atom. The van der Waals surface area contributed by atoms with E-state index in [9.17, 15) is 9.59 Å². The molecule has 0 aliphatic rings. The topological polar surface area (TPSA) is 67.4 Å². The third-order valence-corrected chi connectivity index (χ3v) is 2.01. The second-order valence-corrected chi connectivity index (χ2v) is 3.74. The molecule has 0 fully saturated rings. The Bertz CT molecular complexity index is 184. The van der Waals surface area contributed by atoms with E-state index in [2.05, 4.69) is 15.4 Å². The zero-order valence-electron chi connectivity index (χ0n) is 10.9. The van der Waals surface area contributed by atoms with E-state index >= 15 is 0 Å². The number of amides is 2. The maximum absolute atomic E-state index is 10.6. The Labute approximate surface area is 97.9 Å². The van der Waals surface area contributed by atoms with Crippen molar-refractivity contribution in [3.63, 3.8) is 0 Å². The van der Waals surface area contributed by atoms with Crippen molar-refractivity contribution >= 4 is 12.5 Å². The van der Waals surface area contributed by atoms with Gasteiger partial charge in [-0.3, -0.25) is 4.79 Å². The van der Waals surface area contributed by atoms with E-state index in [0.29, 0.717) is 12.3 Å². The van der Waals surface area contributed by atoms with Crippen LogP contribution in [-0.4, -0.2) is 32.2 Å². The van der Waals surface area contributed by atoms with Crippen molar-refractivity contribution in [1.82, 2.24) is 10.6 Å². The van der Waals surface area contributed by atoms with Gasteiger partial charge in [0.1, 0.15) is 0 Å². The first-order valence-electron chi connectivity index (χ1n) is 5.51. The Morgan fingerprint density at radius 3 is 2.19 bits per heavy atom. The number of ether oxygens (including phenoxy) is 1. The smallest absolute Gasteiger partial charge is 0.407 e. The van der Waals surface area contributed by atoms with Crippen LogP contribution >= 0.6 is 0 Å². The lowest BCUT2D eigenvalue weighted by atomic mass is 10.1. The normalized spacial score (nSPS) is 10.9. The van der Waals surface area contributed by atoms with Gasteiger partial charge in [0, 0.05) is 12.6 Å². The van der Waals surface area contributed by atoms with E-state index in [0.717, 1.165) is 13.0 Å². The first kappa shape index (κ1) is 17.1. The average Bonchev–Trinajstić information content (AvgIpc) is 2.26. The Hall–Kier alpha value is -1.26. The molecule has 1 unspecified atom stereocenters. The lowest BCUT2D eigenvalue weighted by molar-refractivity contribution is -0.109. The van der Waals surface area contributed by atoms with Crippen LogP contribution in [0.25, 0.3) is 0 Å². The van der Waals surface area contributed by atoms with Crippen molar-refractivity contribution in [1.29, 1.82) is 0 Å². The van der Waals surface area contributed by atoms with Gasteiger partial charge in [0.05, 0.1) is 7.11 Å². The molecule has 5 heteroatoms. The number of methoxy groups -OCH3 is 1. The van der Waals surface area contributed by atoms with Crippen molar-refractivity contribution in [3.05, 3.63) is 0 Å². The van der Waals surface area contributed by atoms with Gasteiger partial charge in [-0.05, 0) is 19.3 Å². The summed E-state index contributed by atoms with van der Waals surface area (Å²) >= 11 is 0. The summed E-state index contributed by atoms with van der Waals surface area (Å²) in [6, 6.07) is 0.174. The van der Waals surface area contributed by atoms with E-state index in [1.54, 1.807) is 0 Å². The van der Waals surface area contributed by atoms with Crippen LogP contribution < -0.4 is 10.6 Å². The molecule has 0 aromatic heterocycles. The summed E-state index contributed by atoms with van der Waals surface area (Å²) < 4.78 is 4.42. The molecule has 0 spiro atoms. The zero-order chi connectivity index (χ0) is 13.0. The van der Waals surface area contributed by atoms with E-state index in [1.165, 1.54) is 7.11 Å². The minimum Gasteiger partial charge on any atom is -0.453 e. The van der Waals surface area contributed by atoms with Gasteiger partial charge < -0.3 is 15.4 Å². The van der Waals surface area contributed by atoms with Crippen molar-refractivity contribution < 1.29 is 14.3 Å². The predicted molar refractivity (Wildman–Crippen MR) is 64.2 cm³/mol. The van der Waals surface area contributed by atoms with Gasteiger partial charge in [-0.2, -0.15) is 0 Å². The SMILES string of the molecule is CCCNC=O.COC(=O)NC(C)C(C)C. The minimum absolute atomic E-state index is 0.174. The van der Waals surface area contributed by atoms with Gasteiger partial charge in [0.15, 0.2) is 0 Å². The van der Waals surface area contributed by atoms with E-state index in [1.807, 2.05) is 27.7 Å². The van der Waals surface area contributed by atoms with Crippen LogP contribution in [-0.2, 0) is 9.53 Å². The van der Waals surface area contributed by atoms with E-state index in [-0.39, 0.29) is 12.1 Å². The van der Waals surface area contributed by atoms with E-state index in [4.69, 9.17) is 0 Å². The monoisotopic (exact) mass is 232 g/mol. The summed E-state index contributed by atoms with van der Waals surface area (Å²) in [5, 5.41) is 5.19. The third-order valence-electron chi connectivity index (χ3n) is 2.01. The number of nitrogens with one attached hydrogen (secondary N) is 2. The van der Waals surface area contributed by atoms with Gasteiger partial charge in [0.2, 0.25) is 6.41 Å². The van der Waals surface area contributed by atoms with Crippen LogP contribution in [0.2, 0.25) is 0 Å². The molecule has 0 rings (SSSR count). The molecule has 5 nitrogen and oxygen atoms in total. The van der Waals surface area contributed by atoms with Gasteiger partial charge in [0.25, 0.3) is 0 Å². The quantitative estimate of drug-likeness (QED) is 0.558. The molecule has 0 aromatic carbocycles. The van der Waals surface area contributed by atoms with Gasteiger partial charge in [-0.1, -0.05) is 20.8 Å². The molecule has 0 aromatic rings. The highest BCUT2D eigenvalue weighted by molar-refractivity contribution is 5.67. The predicted octanol–water partition coefficient (Wildman–Crippen LogP) is 1.53. The van der Waals surface area contributed by atoms with Crippen LogP contribution in [0.1, 0.15) is 34.1 Å². The second kappa shape index (κ2) is 11.8. The molecule has 0 aliphatic heterocycles. The maximum atomic E-state index is 10.6. The van der Waals surface area contributed by atoms with Crippen LogP contribution in [0.15, 0.2) is 0 Å². The van der Waals surface area contributed by atoms with Crippen molar-refractivity contribution in [2.45, 2.75) is 40.2 Å². The molecule has 0 saturated carbocycles. The summed E-state index contributed by atoms with van der Waals surface area (Å²) in [5.41, 5.74) is 0. The van der Waals surface area contributed by atoms with Gasteiger partial charge in [-0.25, -0.2) is 4.79 Å². The first-order chi connectivity index (χ1) is 7.49. The summed E-state index contributed by atoms with van der Waals surface area (Å²) in [6.45, 7) is 8.84. The molecule has 2 N–H and O–H groups in total. The molecular formula is C11H24N2O3. The highest BCUT2D eigenvalue weighted by Gasteiger charge is 2.09.